The van der Waals surface area contributed by atoms with Crippen LogP contribution in [-0.2, 0) is 20.9 Å². The Hall–Kier alpha value is -2.58. The van der Waals surface area contributed by atoms with Gasteiger partial charge in [0.05, 0.1) is 5.69 Å². The second kappa shape index (κ2) is 8.41. The summed E-state index contributed by atoms with van der Waals surface area (Å²) in [5.74, 6) is -0.848. The van der Waals surface area contributed by atoms with E-state index in [4.69, 9.17) is 4.74 Å². The van der Waals surface area contributed by atoms with Crippen LogP contribution >= 0.6 is 0 Å². The van der Waals surface area contributed by atoms with E-state index in [1.807, 2.05) is 40.7 Å². The van der Waals surface area contributed by atoms with Crippen molar-refractivity contribution in [2.45, 2.75) is 59.6 Å². The first-order valence-corrected chi connectivity index (χ1v) is 9.13. The Balaban J connectivity index is 1.73. The number of ether oxygens (including phenoxy) is 1. The Bertz CT molecular complexity index is 699. The summed E-state index contributed by atoms with van der Waals surface area (Å²) >= 11 is 0. The molecule has 0 spiro atoms. The standard InChI is InChI=1S/C18H29N5O4/c1-12-10-13(2)23(21-12)11-15(24)19-20-16(25)14-6-8-22(9-7-14)17(26)27-18(3,4)5/h10,14H,6-9,11H2,1-5H3,(H,19,24)(H,20,25). The highest BCUT2D eigenvalue weighted by atomic mass is 16.6. The number of nitrogens with one attached hydrogen (secondary N) is 2. The van der Waals surface area contributed by atoms with Crippen LogP contribution in [0.3, 0.4) is 0 Å². The number of hydrogen-bond acceptors (Lipinski definition) is 5. The van der Waals surface area contributed by atoms with Crippen molar-refractivity contribution >= 4 is 17.9 Å². The van der Waals surface area contributed by atoms with Gasteiger partial charge in [-0.25, -0.2) is 4.79 Å². The van der Waals surface area contributed by atoms with Crippen molar-refractivity contribution in [1.29, 1.82) is 0 Å². The maximum atomic E-state index is 12.2. The minimum Gasteiger partial charge on any atom is -0.444 e. The highest BCUT2D eigenvalue weighted by Crippen LogP contribution is 2.19. The fourth-order valence-electron chi connectivity index (χ4n) is 2.89. The van der Waals surface area contributed by atoms with Crippen molar-refractivity contribution in [1.82, 2.24) is 25.5 Å². The van der Waals surface area contributed by atoms with Gasteiger partial charge in [-0.2, -0.15) is 5.10 Å². The van der Waals surface area contributed by atoms with Crippen LogP contribution in [0.15, 0.2) is 6.07 Å². The molecule has 0 radical (unpaired) electrons. The zero-order chi connectivity index (χ0) is 20.2. The molecular formula is C18H29N5O4. The summed E-state index contributed by atoms with van der Waals surface area (Å²) in [5, 5.41) is 4.21. The third-order valence-corrected chi connectivity index (χ3v) is 4.24. The fourth-order valence-corrected chi connectivity index (χ4v) is 2.89. The maximum absolute atomic E-state index is 12.2. The van der Waals surface area contributed by atoms with Gasteiger partial charge in [0.2, 0.25) is 5.91 Å². The van der Waals surface area contributed by atoms with Gasteiger partial charge in [0.1, 0.15) is 12.1 Å². The third kappa shape index (κ3) is 6.26. The molecule has 0 aliphatic carbocycles. The molecule has 27 heavy (non-hydrogen) atoms. The number of rotatable bonds is 3. The molecule has 0 unspecified atom stereocenters. The summed E-state index contributed by atoms with van der Waals surface area (Å²) in [5.41, 5.74) is 6.06. The molecule has 0 atom stereocenters. The van der Waals surface area contributed by atoms with Gasteiger partial charge in [-0.1, -0.05) is 0 Å². The highest BCUT2D eigenvalue weighted by Gasteiger charge is 2.30. The number of carbonyl (C=O) groups is 3. The monoisotopic (exact) mass is 379 g/mol. The van der Waals surface area contributed by atoms with Gasteiger partial charge in [-0.15, -0.1) is 0 Å². The Labute approximate surface area is 159 Å². The first-order valence-electron chi connectivity index (χ1n) is 9.13. The molecule has 0 aromatic carbocycles. The Morgan fingerprint density at radius 3 is 2.33 bits per heavy atom. The molecule has 9 nitrogen and oxygen atoms in total. The summed E-state index contributed by atoms with van der Waals surface area (Å²) in [7, 11) is 0. The first kappa shape index (κ1) is 20.7. The summed E-state index contributed by atoms with van der Waals surface area (Å²) in [6.07, 6.45) is 0.691. The van der Waals surface area contributed by atoms with Crippen molar-refractivity contribution in [2.24, 2.45) is 5.92 Å². The van der Waals surface area contributed by atoms with E-state index in [1.165, 1.54) is 0 Å². The summed E-state index contributed by atoms with van der Waals surface area (Å²) in [6, 6.07) is 1.88. The van der Waals surface area contributed by atoms with E-state index in [9.17, 15) is 14.4 Å². The normalized spacial score (nSPS) is 15.4. The third-order valence-electron chi connectivity index (χ3n) is 4.24. The van der Waals surface area contributed by atoms with Gasteiger partial charge in [0, 0.05) is 24.7 Å². The quantitative estimate of drug-likeness (QED) is 0.770. The molecule has 2 heterocycles. The predicted molar refractivity (Wildman–Crippen MR) is 98.5 cm³/mol. The SMILES string of the molecule is Cc1cc(C)n(CC(=O)NNC(=O)C2CCN(C(=O)OC(C)(C)C)CC2)n1. The summed E-state index contributed by atoms with van der Waals surface area (Å²) in [6.45, 7) is 10.1. The second-order valence-electron chi connectivity index (χ2n) is 7.86. The van der Waals surface area contributed by atoms with Crippen molar-refractivity contribution in [3.63, 3.8) is 0 Å². The molecule has 150 valence electrons. The van der Waals surface area contributed by atoms with Crippen molar-refractivity contribution < 1.29 is 19.1 Å². The van der Waals surface area contributed by atoms with Crippen LogP contribution < -0.4 is 10.9 Å². The molecule has 2 N–H and O–H groups in total. The molecule has 2 rings (SSSR count). The Kier molecular flexibility index (Phi) is 6.45. The van der Waals surface area contributed by atoms with Crippen LogP contribution in [0.5, 0.6) is 0 Å². The zero-order valence-electron chi connectivity index (χ0n) is 16.7. The summed E-state index contributed by atoms with van der Waals surface area (Å²) in [4.78, 5) is 37.9. The van der Waals surface area contributed by atoms with Crippen molar-refractivity contribution in [2.75, 3.05) is 13.1 Å². The predicted octanol–water partition coefficient (Wildman–Crippen LogP) is 1.29. The molecule has 1 fully saturated rings. The second-order valence-corrected chi connectivity index (χ2v) is 7.86. The van der Waals surface area contributed by atoms with E-state index in [1.54, 1.807) is 9.58 Å². The molecule has 1 saturated heterocycles. The first-order chi connectivity index (χ1) is 12.5. The molecule has 1 aliphatic heterocycles. The number of nitrogens with zero attached hydrogens (tertiary/aromatic N) is 3. The number of piperidine rings is 1. The molecule has 1 aliphatic rings. The lowest BCUT2D eigenvalue weighted by Gasteiger charge is -2.32. The molecule has 0 bridgehead atoms. The minimum absolute atomic E-state index is 0.0387. The van der Waals surface area contributed by atoms with Crippen molar-refractivity contribution in [3.05, 3.63) is 17.5 Å². The van der Waals surface area contributed by atoms with E-state index in [-0.39, 0.29) is 30.4 Å². The molecule has 3 amide bonds. The molecule has 0 saturated carbocycles. The number of hydrazine groups is 1. The highest BCUT2D eigenvalue weighted by molar-refractivity contribution is 5.83. The molecule has 1 aromatic heterocycles. The van der Waals surface area contributed by atoms with E-state index >= 15 is 0 Å². The lowest BCUT2D eigenvalue weighted by molar-refractivity contribution is -0.132. The molecular weight excluding hydrogens is 350 g/mol. The average Bonchev–Trinajstić information content (AvgIpc) is 2.88. The molecule has 1 aromatic rings. The molecule has 9 heteroatoms. The fraction of sp³-hybridized carbons (Fsp3) is 0.667. The van der Waals surface area contributed by atoms with Crippen molar-refractivity contribution in [3.8, 4) is 0 Å². The Morgan fingerprint density at radius 2 is 1.81 bits per heavy atom. The van der Waals surface area contributed by atoms with Crippen LogP contribution in [0.2, 0.25) is 0 Å². The minimum atomic E-state index is -0.541. The lowest BCUT2D eigenvalue weighted by Crippen LogP contribution is -2.49. The Morgan fingerprint density at radius 1 is 1.19 bits per heavy atom. The van der Waals surface area contributed by atoms with E-state index in [2.05, 4.69) is 16.0 Å². The lowest BCUT2D eigenvalue weighted by atomic mass is 9.96. The number of amides is 3. The van der Waals surface area contributed by atoms with E-state index < -0.39 is 5.60 Å². The van der Waals surface area contributed by atoms with Crippen LogP contribution in [0.4, 0.5) is 4.79 Å². The topological polar surface area (TPSA) is 106 Å². The van der Waals surface area contributed by atoms with E-state index in [0.29, 0.717) is 25.9 Å². The van der Waals surface area contributed by atoms with Crippen LogP contribution in [0, 0.1) is 19.8 Å². The van der Waals surface area contributed by atoms with Gasteiger partial charge < -0.3 is 9.64 Å². The smallest absolute Gasteiger partial charge is 0.410 e. The number of likely N-dealkylation sites (tertiary alicyclic amines) is 1. The number of hydrogen-bond donors (Lipinski definition) is 2. The van der Waals surface area contributed by atoms with E-state index in [0.717, 1.165) is 11.4 Å². The van der Waals surface area contributed by atoms with Gasteiger partial charge in [-0.05, 0) is 53.5 Å². The average molecular weight is 379 g/mol. The van der Waals surface area contributed by atoms with Crippen LogP contribution in [0.1, 0.15) is 45.0 Å². The van der Waals surface area contributed by atoms with Gasteiger partial charge in [-0.3, -0.25) is 25.1 Å². The van der Waals surface area contributed by atoms with Gasteiger partial charge >= 0.3 is 6.09 Å². The van der Waals surface area contributed by atoms with Gasteiger partial charge in [0.15, 0.2) is 0 Å². The van der Waals surface area contributed by atoms with Crippen LogP contribution in [-0.4, -0.2) is 51.3 Å². The van der Waals surface area contributed by atoms with Gasteiger partial charge in [0.25, 0.3) is 5.91 Å². The maximum Gasteiger partial charge on any atom is 0.410 e. The van der Waals surface area contributed by atoms with Crippen LogP contribution in [0.25, 0.3) is 0 Å². The number of aromatic nitrogens is 2. The largest absolute Gasteiger partial charge is 0.444 e. The number of aryl methyl sites for hydroxylation is 2. The zero-order valence-corrected chi connectivity index (χ0v) is 16.7. The summed E-state index contributed by atoms with van der Waals surface area (Å²) < 4.78 is 6.92. The number of carbonyl (C=O) groups excluding carboxylic acids is 3.